The molecule has 20 heteroatoms. The van der Waals surface area contributed by atoms with Gasteiger partial charge in [-0.15, -0.1) is 0 Å². The fourth-order valence-corrected chi connectivity index (χ4v) is 5.62. The molecule has 17 nitrogen and oxygen atoms in total. The zero-order chi connectivity index (χ0) is 22.3. The minimum atomic E-state index is -5.64. The highest BCUT2D eigenvalue weighted by atomic mass is 31.3. The first-order chi connectivity index (χ1) is 13.8. The number of hydrogen-bond acceptors (Lipinski definition) is 12. The average Bonchev–Trinajstić information content (AvgIpc) is 3.14. The van der Waals surface area contributed by atoms with Gasteiger partial charge in [-0.05, 0) is 0 Å². The van der Waals surface area contributed by atoms with Crippen molar-refractivity contribution >= 4 is 40.4 Å². The number of imidazole rings is 1. The summed E-state index contributed by atoms with van der Waals surface area (Å²) in [7, 11) is -16.5. The van der Waals surface area contributed by atoms with Crippen molar-refractivity contribution in [3.63, 3.8) is 0 Å². The molecule has 2 aromatic heterocycles. The zero-order valence-corrected chi connectivity index (χ0v) is 17.3. The van der Waals surface area contributed by atoms with Gasteiger partial charge < -0.3 is 35.2 Å². The van der Waals surface area contributed by atoms with Gasteiger partial charge in [0.1, 0.15) is 24.2 Å². The first kappa shape index (κ1) is 23.3. The second-order valence-electron chi connectivity index (χ2n) is 5.90. The number of rotatable bonds is 8. The van der Waals surface area contributed by atoms with E-state index in [1.165, 1.54) is 17.2 Å². The number of aromatic nitrogens is 4. The van der Waals surface area contributed by atoms with Crippen LogP contribution in [0, 0.1) is 0 Å². The van der Waals surface area contributed by atoms with E-state index in [1.54, 1.807) is 0 Å². The average molecular weight is 491 g/mol. The Kier molecular flexibility index (Phi) is 6.47. The zero-order valence-electron chi connectivity index (χ0n) is 14.6. The molecule has 30 heavy (non-hydrogen) atoms. The minimum Gasteiger partial charge on any atom is -0.390 e. The van der Waals surface area contributed by atoms with Crippen molar-refractivity contribution in [1.82, 2.24) is 19.5 Å². The molecular formula is C10H16N5O12P3. The maximum Gasteiger partial charge on any atom is 0.490 e. The van der Waals surface area contributed by atoms with Crippen LogP contribution < -0.4 is 5.73 Å². The van der Waals surface area contributed by atoms with E-state index in [0.717, 1.165) is 0 Å². The van der Waals surface area contributed by atoms with Crippen molar-refractivity contribution in [2.24, 2.45) is 0 Å². The monoisotopic (exact) mass is 491 g/mol. The number of nitrogens with zero attached hydrogens (tertiary/aromatic N) is 4. The maximum absolute atomic E-state index is 11.8. The van der Waals surface area contributed by atoms with Gasteiger partial charge in [0.05, 0.1) is 19.0 Å². The van der Waals surface area contributed by atoms with Crippen LogP contribution in [0.5, 0.6) is 0 Å². The summed E-state index contributed by atoms with van der Waals surface area (Å²) >= 11 is 0. The number of fused-ring (bicyclic) bond motifs is 1. The Hall–Kier alpha value is -1.32. The summed E-state index contributed by atoms with van der Waals surface area (Å²) in [4.78, 5) is 47.4. The predicted molar refractivity (Wildman–Crippen MR) is 94.1 cm³/mol. The van der Waals surface area contributed by atoms with Gasteiger partial charge in [-0.2, -0.15) is 8.62 Å². The molecule has 168 valence electrons. The van der Waals surface area contributed by atoms with E-state index in [9.17, 15) is 23.7 Å². The van der Waals surface area contributed by atoms with E-state index < -0.39 is 48.5 Å². The largest absolute Gasteiger partial charge is 0.490 e. The maximum atomic E-state index is 11.8. The number of phosphoric acid groups is 3. The molecule has 7 N–H and O–H groups in total. The van der Waals surface area contributed by atoms with Crippen molar-refractivity contribution in [3.8, 4) is 0 Å². The molecule has 0 aromatic carbocycles. The second kappa shape index (κ2) is 8.31. The summed E-state index contributed by atoms with van der Waals surface area (Å²) < 4.78 is 52.3. The van der Waals surface area contributed by atoms with Crippen LogP contribution in [0.1, 0.15) is 12.6 Å². The first-order valence-electron chi connectivity index (χ1n) is 7.81. The van der Waals surface area contributed by atoms with Gasteiger partial charge in [0.25, 0.3) is 0 Å². The lowest BCUT2D eigenvalue weighted by atomic mass is 10.2. The van der Waals surface area contributed by atoms with Gasteiger partial charge in [-0.1, -0.05) is 0 Å². The van der Waals surface area contributed by atoms with Gasteiger partial charge in [-0.25, -0.2) is 28.6 Å². The number of aliphatic hydroxyl groups excluding tert-OH is 1. The number of nitrogen functional groups attached to an aromatic ring is 1. The molecule has 1 aliphatic heterocycles. The predicted octanol–water partition coefficient (Wildman–Crippen LogP) is -0.600. The normalized spacial score (nSPS) is 26.5. The summed E-state index contributed by atoms with van der Waals surface area (Å²) in [6, 6.07) is 0. The summed E-state index contributed by atoms with van der Waals surface area (Å²) in [6.07, 6.45) is -0.643. The van der Waals surface area contributed by atoms with E-state index in [2.05, 4.69) is 28.1 Å². The van der Waals surface area contributed by atoms with E-state index >= 15 is 0 Å². The van der Waals surface area contributed by atoms with E-state index in [4.69, 9.17) is 25.2 Å². The third-order valence-corrected chi connectivity index (χ3v) is 7.52. The summed E-state index contributed by atoms with van der Waals surface area (Å²) in [5.41, 5.74) is 6.31. The van der Waals surface area contributed by atoms with Crippen LogP contribution >= 0.6 is 23.5 Å². The lowest BCUT2D eigenvalue weighted by Crippen LogP contribution is -2.26. The molecule has 1 fully saturated rings. The first-order valence-corrected chi connectivity index (χ1v) is 12.3. The van der Waals surface area contributed by atoms with Crippen LogP contribution in [-0.4, -0.2) is 63.0 Å². The molecule has 0 amide bonds. The van der Waals surface area contributed by atoms with Crippen LogP contribution in [0.3, 0.4) is 0 Å². The number of anilines is 1. The summed E-state index contributed by atoms with van der Waals surface area (Å²) in [5, 5.41) is 10.1. The van der Waals surface area contributed by atoms with Gasteiger partial charge in [0.15, 0.2) is 11.5 Å². The molecular weight excluding hydrogens is 475 g/mol. The molecule has 3 rings (SSSR count). The van der Waals surface area contributed by atoms with E-state index in [-0.39, 0.29) is 12.2 Å². The molecule has 3 heterocycles. The Morgan fingerprint density at radius 3 is 2.50 bits per heavy atom. The van der Waals surface area contributed by atoms with Crippen LogP contribution in [0.15, 0.2) is 12.7 Å². The number of aliphatic hydroxyl groups is 1. The molecule has 2 aromatic rings. The van der Waals surface area contributed by atoms with Crippen LogP contribution in [-0.2, 0) is 31.6 Å². The molecule has 0 aliphatic carbocycles. The summed E-state index contributed by atoms with van der Waals surface area (Å²) in [6.45, 7) is -0.787. The second-order valence-corrected chi connectivity index (χ2v) is 10.3. The minimum absolute atomic E-state index is 0.000206. The Balaban J connectivity index is 1.64. The lowest BCUT2D eigenvalue weighted by molar-refractivity contribution is -0.0423. The Morgan fingerprint density at radius 1 is 1.13 bits per heavy atom. The highest BCUT2D eigenvalue weighted by Gasteiger charge is 2.43. The molecule has 2 unspecified atom stereocenters. The Morgan fingerprint density at radius 2 is 1.83 bits per heavy atom. The van der Waals surface area contributed by atoms with Crippen LogP contribution in [0.25, 0.3) is 11.2 Å². The molecule has 0 saturated carbocycles. The fraction of sp³-hybridized carbons (Fsp3) is 0.500. The number of ether oxygens (including phenoxy) is 1. The van der Waals surface area contributed by atoms with E-state index in [0.29, 0.717) is 11.2 Å². The van der Waals surface area contributed by atoms with Crippen molar-refractivity contribution in [2.75, 3.05) is 12.3 Å². The Bertz CT molecular complexity index is 1070. The van der Waals surface area contributed by atoms with Crippen molar-refractivity contribution in [2.45, 2.75) is 24.9 Å². The molecule has 5 atom stereocenters. The van der Waals surface area contributed by atoms with Crippen molar-refractivity contribution in [1.29, 1.82) is 0 Å². The van der Waals surface area contributed by atoms with Crippen LogP contribution in [0.2, 0.25) is 0 Å². The fourth-order valence-electron chi connectivity index (χ4n) is 2.59. The summed E-state index contributed by atoms with van der Waals surface area (Å²) in [5.74, 6) is 0.126. The molecule has 0 bridgehead atoms. The Labute approximate surface area is 166 Å². The topological polar surface area (TPSA) is 259 Å². The highest BCUT2D eigenvalue weighted by molar-refractivity contribution is 7.66. The quantitative estimate of drug-likeness (QED) is 0.252. The molecule has 1 aliphatic rings. The number of hydrogen-bond donors (Lipinski definition) is 6. The van der Waals surface area contributed by atoms with Gasteiger partial charge >= 0.3 is 23.5 Å². The third kappa shape index (κ3) is 5.68. The molecule has 0 spiro atoms. The molecule has 1 saturated heterocycles. The smallest absolute Gasteiger partial charge is 0.390 e. The SMILES string of the molecule is Nc1ncnc2c1ncn2[C@@H]1C[C@H](O)[C@H](COP(=O)(O)OP(=O)(O)OP(=O)(O)O)O1. The van der Waals surface area contributed by atoms with Crippen molar-refractivity contribution in [3.05, 3.63) is 12.7 Å². The van der Waals surface area contributed by atoms with Crippen LogP contribution in [0.4, 0.5) is 5.82 Å². The third-order valence-electron chi connectivity index (χ3n) is 3.72. The van der Waals surface area contributed by atoms with Gasteiger partial charge in [-0.3, -0.25) is 9.09 Å². The van der Waals surface area contributed by atoms with Gasteiger partial charge in [0, 0.05) is 6.42 Å². The number of nitrogens with two attached hydrogens (primary N) is 1. The standard InChI is InChI=1S/C10H16N5O12P3/c11-9-8-10(13-3-12-9)15(4-14-8)7-1-5(16)6(25-7)2-24-29(20,21)27-30(22,23)26-28(17,18)19/h3-7,16H,1-2H2,(H,20,21)(H,22,23)(H2,11,12,13)(H2,17,18,19)/t5-,6-,7-/m0/s1. The highest BCUT2D eigenvalue weighted by Crippen LogP contribution is 2.66. The van der Waals surface area contributed by atoms with Crippen molar-refractivity contribution < 1.29 is 56.3 Å². The number of phosphoric ester groups is 1. The van der Waals surface area contributed by atoms with E-state index in [1.807, 2.05) is 0 Å². The lowest BCUT2D eigenvalue weighted by Gasteiger charge is -2.19. The van der Waals surface area contributed by atoms with Gasteiger partial charge in [0.2, 0.25) is 0 Å². The molecule has 0 radical (unpaired) electrons.